The first kappa shape index (κ1) is 19.6. The number of nitrogens with zero attached hydrogens (tertiary/aromatic N) is 4. The van der Waals surface area contributed by atoms with E-state index in [9.17, 15) is 8.42 Å². The van der Waals surface area contributed by atoms with Gasteiger partial charge in [0, 0.05) is 44.5 Å². The van der Waals surface area contributed by atoms with Gasteiger partial charge in [0.25, 0.3) is 0 Å². The number of anilines is 2. The molecule has 3 aromatic rings. The number of rotatable bonds is 5. The fourth-order valence-corrected chi connectivity index (χ4v) is 5.04. The van der Waals surface area contributed by atoms with Crippen LogP contribution in [0.4, 0.5) is 11.8 Å². The molecule has 0 aliphatic carbocycles. The highest BCUT2D eigenvalue weighted by Gasteiger charge is 2.29. The fraction of sp³-hybridized carbons (Fsp3) is 0.333. The molecule has 8 heteroatoms. The summed E-state index contributed by atoms with van der Waals surface area (Å²) in [7, 11) is -3.52. The van der Waals surface area contributed by atoms with Gasteiger partial charge in [-0.2, -0.15) is 9.29 Å². The van der Waals surface area contributed by atoms with E-state index in [-0.39, 0.29) is 0 Å². The largest absolute Gasteiger partial charge is 0.354 e. The predicted octanol–water partition coefficient (Wildman–Crippen LogP) is 2.88. The third-order valence-corrected chi connectivity index (χ3v) is 6.99. The molecule has 1 aliphatic heterocycles. The number of nitrogens with one attached hydrogen (secondary N) is 1. The van der Waals surface area contributed by atoms with Crippen molar-refractivity contribution in [1.29, 1.82) is 0 Å². The summed E-state index contributed by atoms with van der Waals surface area (Å²) in [6.45, 7) is 6.72. The van der Waals surface area contributed by atoms with Gasteiger partial charge in [-0.15, -0.1) is 0 Å². The van der Waals surface area contributed by atoms with Crippen LogP contribution in [0.5, 0.6) is 0 Å². The Kier molecular flexibility index (Phi) is 5.38. The van der Waals surface area contributed by atoms with Crippen LogP contribution < -0.4 is 10.2 Å². The van der Waals surface area contributed by atoms with Crippen LogP contribution in [-0.2, 0) is 10.0 Å². The van der Waals surface area contributed by atoms with Crippen molar-refractivity contribution < 1.29 is 8.42 Å². The van der Waals surface area contributed by atoms with E-state index in [1.165, 1.54) is 0 Å². The summed E-state index contributed by atoms with van der Waals surface area (Å²) >= 11 is 0. The predicted molar refractivity (Wildman–Crippen MR) is 116 cm³/mol. The van der Waals surface area contributed by atoms with E-state index < -0.39 is 10.0 Å². The van der Waals surface area contributed by atoms with E-state index in [2.05, 4.69) is 20.2 Å². The van der Waals surface area contributed by atoms with Gasteiger partial charge in [-0.3, -0.25) is 0 Å². The van der Waals surface area contributed by atoms with Gasteiger partial charge in [-0.05, 0) is 36.8 Å². The van der Waals surface area contributed by atoms with Crippen LogP contribution >= 0.6 is 0 Å². The van der Waals surface area contributed by atoms with Crippen LogP contribution in [0.1, 0.15) is 12.6 Å². The van der Waals surface area contributed by atoms with Gasteiger partial charge in [-0.1, -0.05) is 30.3 Å². The number of fused-ring (bicyclic) bond motifs is 1. The van der Waals surface area contributed by atoms with Crippen LogP contribution in [0.2, 0.25) is 0 Å². The van der Waals surface area contributed by atoms with Crippen molar-refractivity contribution in [3.8, 4) is 0 Å². The van der Waals surface area contributed by atoms with Crippen molar-refractivity contribution in [2.75, 3.05) is 42.9 Å². The number of sulfonamides is 1. The number of aromatic nitrogens is 2. The Morgan fingerprint density at radius 3 is 2.41 bits per heavy atom. The zero-order chi connectivity index (χ0) is 20.4. The van der Waals surface area contributed by atoms with Gasteiger partial charge in [0.15, 0.2) is 0 Å². The van der Waals surface area contributed by atoms with Crippen LogP contribution in [0.25, 0.3) is 10.8 Å². The lowest BCUT2D eigenvalue weighted by Gasteiger charge is -2.34. The molecule has 1 N–H and O–H groups in total. The first-order valence-electron chi connectivity index (χ1n) is 9.81. The Labute approximate surface area is 171 Å². The molecule has 4 rings (SSSR count). The molecule has 2 aromatic carbocycles. The summed E-state index contributed by atoms with van der Waals surface area (Å²) in [5.41, 5.74) is 0.886. The van der Waals surface area contributed by atoms with Crippen LogP contribution in [0, 0.1) is 6.92 Å². The maximum atomic E-state index is 13.1. The Balaban J connectivity index is 1.51. The molecule has 0 spiro atoms. The maximum absolute atomic E-state index is 13.1. The van der Waals surface area contributed by atoms with Crippen molar-refractivity contribution in [2.24, 2.45) is 0 Å². The smallest absolute Gasteiger partial charge is 0.243 e. The Hall–Kier alpha value is -2.71. The Bertz CT molecular complexity index is 1120. The van der Waals surface area contributed by atoms with Gasteiger partial charge >= 0.3 is 0 Å². The minimum Gasteiger partial charge on any atom is -0.354 e. The quantitative estimate of drug-likeness (QED) is 0.696. The van der Waals surface area contributed by atoms with E-state index in [4.69, 9.17) is 0 Å². The molecule has 7 nitrogen and oxygen atoms in total. The standard InChI is InChI=1S/C21H25N5O2S/c1-3-22-21-23-16(2)14-20(24-21)25-10-12-26(13-11-25)29(27,28)19-9-8-17-6-4-5-7-18(17)15-19/h4-9,14-15H,3,10-13H2,1-2H3,(H,22,23,24). The second-order valence-corrected chi connectivity index (χ2v) is 9.06. The molecule has 0 bridgehead atoms. The molecule has 0 atom stereocenters. The molecule has 0 radical (unpaired) electrons. The SMILES string of the molecule is CCNc1nc(C)cc(N2CCN(S(=O)(=O)c3ccc4ccccc4c3)CC2)n1. The lowest BCUT2D eigenvalue weighted by Crippen LogP contribution is -2.49. The average molecular weight is 412 g/mol. The second kappa shape index (κ2) is 7.96. The topological polar surface area (TPSA) is 78.4 Å². The summed E-state index contributed by atoms with van der Waals surface area (Å²) in [4.78, 5) is 11.4. The third-order valence-electron chi connectivity index (χ3n) is 5.10. The summed E-state index contributed by atoms with van der Waals surface area (Å²) in [5.74, 6) is 1.44. The maximum Gasteiger partial charge on any atom is 0.243 e. The fourth-order valence-electron chi connectivity index (χ4n) is 3.59. The minimum absolute atomic E-state index is 0.344. The summed E-state index contributed by atoms with van der Waals surface area (Å²) in [6.07, 6.45) is 0. The van der Waals surface area contributed by atoms with Gasteiger partial charge in [0.1, 0.15) is 5.82 Å². The average Bonchev–Trinajstić information content (AvgIpc) is 2.73. The molecule has 1 aliphatic rings. The molecule has 152 valence electrons. The highest BCUT2D eigenvalue weighted by molar-refractivity contribution is 7.89. The van der Waals surface area contributed by atoms with E-state index in [1.54, 1.807) is 16.4 Å². The summed E-state index contributed by atoms with van der Waals surface area (Å²) < 4.78 is 27.8. The van der Waals surface area contributed by atoms with Gasteiger partial charge in [0.05, 0.1) is 4.90 Å². The molecule has 29 heavy (non-hydrogen) atoms. The first-order valence-corrected chi connectivity index (χ1v) is 11.2. The Morgan fingerprint density at radius 2 is 1.69 bits per heavy atom. The van der Waals surface area contributed by atoms with E-state index in [1.807, 2.05) is 50.2 Å². The van der Waals surface area contributed by atoms with E-state index >= 15 is 0 Å². The van der Waals surface area contributed by atoms with Crippen LogP contribution in [0.15, 0.2) is 53.4 Å². The summed E-state index contributed by atoms with van der Waals surface area (Å²) in [6, 6.07) is 15.0. The zero-order valence-corrected chi connectivity index (χ0v) is 17.5. The summed E-state index contributed by atoms with van der Waals surface area (Å²) in [5, 5.41) is 5.11. The highest BCUT2D eigenvalue weighted by atomic mass is 32.2. The second-order valence-electron chi connectivity index (χ2n) is 7.12. The van der Waals surface area contributed by atoms with Gasteiger partial charge in [-0.25, -0.2) is 13.4 Å². The van der Waals surface area contributed by atoms with Crippen molar-refractivity contribution in [1.82, 2.24) is 14.3 Å². The van der Waals surface area contributed by atoms with Gasteiger partial charge in [0.2, 0.25) is 16.0 Å². The minimum atomic E-state index is -3.52. The van der Waals surface area contributed by atoms with Crippen molar-refractivity contribution in [3.05, 3.63) is 54.2 Å². The first-order chi connectivity index (χ1) is 14.0. The molecule has 2 heterocycles. The molecule has 1 fully saturated rings. The van der Waals surface area contributed by atoms with Crippen molar-refractivity contribution >= 4 is 32.6 Å². The highest BCUT2D eigenvalue weighted by Crippen LogP contribution is 2.24. The number of hydrogen-bond acceptors (Lipinski definition) is 6. The number of piperazine rings is 1. The van der Waals surface area contributed by atoms with E-state index in [0.717, 1.165) is 28.8 Å². The van der Waals surface area contributed by atoms with Crippen molar-refractivity contribution in [3.63, 3.8) is 0 Å². The monoisotopic (exact) mass is 411 g/mol. The third kappa shape index (κ3) is 4.04. The number of aryl methyl sites for hydroxylation is 1. The van der Waals surface area contributed by atoms with Gasteiger partial charge < -0.3 is 10.2 Å². The normalized spacial score (nSPS) is 15.6. The van der Waals surface area contributed by atoms with E-state index in [0.29, 0.717) is 37.0 Å². The molecule has 1 saturated heterocycles. The zero-order valence-electron chi connectivity index (χ0n) is 16.7. The Morgan fingerprint density at radius 1 is 0.966 bits per heavy atom. The lowest BCUT2D eigenvalue weighted by molar-refractivity contribution is 0.384. The van der Waals surface area contributed by atoms with Crippen molar-refractivity contribution in [2.45, 2.75) is 18.7 Å². The number of benzene rings is 2. The lowest BCUT2D eigenvalue weighted by atomic mass is 10.1. The molecular weight excluding hydrogens is 386 g/mol. The molecule has 0 amide bonds. The molecule has 1 aromatic heterocycles. The van der Waals surface area contributed by atoms with Crippen LogP contribution in [-0.4, -0.2) is 55.4 Å². The molecule has 0 saturated carbocycles. The van der Waals surface area contributed by atoms with Crippen LogP contribution in [0.3, 0.4) is 0 Å². The molecule has 0 unspecified atom stereocenters. The molecular formula is C21H25N5O2S. The number of hydrogen-bond donors (Lipinski definition) is 1.